The van der Waals surface area contributed by atoms with Gasteiger partial charge in [-0.25, -0.2) is 0 Å². The highest BCUT2D eigenvalue weighted by Crippen LogP contribution is 2.00. The Morgan fingerprint density at radius 1 is 1.33 bits per heavy atom. The number of hydrogen-bond donors (Lipinski definition) is 0. The lowest BCUT2D eigenvalue weighted by molar-refractivity contribution is 1.52. The predicted octanol–water partition coefficient (Wildman–Crippen LogP) is 1.71. The first-order valence-electron chi connectivity index (χ1n) is 2.12. The molecular weight excluding hydrogens is 136 g/mol. The van der Waals surface area contributed by atoms with Gasteiger partial charge in [0.2, 0.25) is 0 Å². The van der Waals surface area contributed by atoms with Crippen LogP contribution in [0.1, 0.15) is 0 Å². The zero-order valence-corrected chi connectivity index (χ0v) is 5.26. The van der Waals surface area contributed by atoms with Gasteiger partial charge < -0.3 is 0 Å². The molecule has 0 amide bonds. The summed E-state index contributed by atoms with van der Waals surface area (Å²) in [5.41, 5.74) is 0. The summed E-state index contributed by atoms with van der Waals surface area (Å²) in [7, 11) is 0. The van der Waals surface area contributed by atoms with Gasteiger partial charge in [-0.05, 0) is 6.08 Å². The summed E-state index contributed by atoms with van der Waals surface area (Å²) in [4.78, 5) is 0. The molecule has 0 heterocycles. The molecule has 0 fully saturated rings. The Bertz CT molecular complexity index is 214. The fraction of sp³-hybridized carbons (Fsp3) is 0. The van der Waals surface area contributed by atoms with Gasteiger partial charge in [-0.2, -0.15) is 10.5 Å². The molecule has 3 heteroatoms. The summed E-state index contributed by atoms with van der Waals surface area (Å²) in [6.45, 7) is 0. The molecule has 44 valence electrons. The van der Waals surface area contributed by atoms with Crippen molar-refractivity contribution in [1.82, 2.24) is 0 Å². The highest BCUT2D eigenvalue weighted by Gasteiger charge is 1.79. The van der Waals surface area contributed by atoms with E-state index in [4.69, 9.17) is 22.1 Å². The average Bonchev–Trinajstić information content (AvgIpc) is 1.85. The first kappa shape index (κ1) is 7.75. The summed E-state index contributed by atoms with van der Waals surface area (Å²) in [6.07, 6.45) is 3.70. The normalized spacial score (nSPS) is 10.8. The average molecular weight is 139 g/mol. The first-order valence-corrected chi connectivity index (χ1v) is 2.50. The Kier molecular flexibility index (Phi) is 4.22. The number of nitriles is 2. The molecule has 0 spiro atoms. The van der Waals surface area contributed by atoms with Gasteiger partial charge in [0, 0.05) is 12.2 Å². The molecule has 0 aromatic carbocycles. The number of halogens is 1. The third kappa shape index (κ3) is 4.61. The van der Waals surface area contributed by atoms with E-state index in [9.17, 15) is 0 Å². The zero-order valence-electron chi connectivity index (χ0n) is 4.50. The molecule has 0 saturated heterocycles. The second-order valence-corrected chi connectivity index (χ2v) is 1.56. The van der Waals surface area contributed by atoms with Crippen LogP contribution in [0.25, 0.3) is 0 Å². The van der Waals surface area contributed by atoms with Crippen LogP contribution in [0.5, 0.6) is 0 Å². The minimum absolute atomic E-state index is 0.263. The van der Waals surface area contributed by atoms with E-state index in [1.54, 1.807) is 12.1 Å². The molecule has 0 rings (SSSR count). The van der Waals surface area contributed by atoms with Crippen LogP contribution < -0.4 is 0 Å². The molecule has 0 aliphatic carbocycles. The van der Waals surface area contributed by atoms with Crippen molar-refractivity contribution in [2.24, 2.45) is 0 Å². The van der Waals surface area contributed by atoms with Crippen LogP contribution in [0.2, 0.25) is 0 Å². The van der Waals surface area contributed by atoms with Crippen LogP contribution >= 0.6 is 11.6 Å². The summed E-state index contributed by atoms with van der Waals surface area (Å²) in [5, 5.41) is 16.2. The van der Waals surface area contributed by atoms with Gasteiger partial charge >= 0.3 is 0 Å². The van der Waals surface area contributed by atoms with Crippen LogP contribution in [-0.2, 0) is 0 Å². The fourth-order valence-electron chi connectivity index (χ4n) is 0.227. The summed E-state index contributed by atoms with van der Waals surface area (Å²) in [5.74, 6) is 0. The smallest absolute Gasteiger partial charge is 0.0927 e. The lowest BCUT2D eigenvalue weighted by atomic mass is 10.4. The van der Waals surface area contributed by atoms with Gasteiger partial charge in [-0.15, -0.1) is 0 Å². The fourth-order valence-corrected chi connectivity index (χ4v) is 0.338. The van der Waals surface area contributed by atoms with Crippen molar-refractivity contribution >= 4 is 11.6 Å². The van der Waals surface area contributed by atoms with Gasteiger partial charge in [0.25, 0.3) is 0 Å². The lowest BCUT2D eigenvalue weighted by Gasteiger charge is -1.75. The standard InChI is InChI=1S/C6H3ClN2/c7-6(3-5-9)2-1-4-8/h1-3H/b2-1+,6-3-. The van der Waals surface area contributed by atoms with Gasteiger partial charge in [-0.1, -0.05) is 11.6 Å². The Hall–Kier alpha value is -1.25. The van der Waals surface area contributed by atoms with Gasteiger partial charge in [-0.3, -0.25) is 0 Å². The molecule has 0 atom stereocenters. The molecule has 2 nitrogen and oxygen atoms in total. The maximum absolute atomic E-state index is 8.01. The minimum Gasteiger partial charge on any atom is -0.193 e. The molecule has 0 unspecified atom stereocenters. The molecular formula is C6H3ClN2. The molecule has 0 aliphatic heterocycles. The van der Waals surface area contributed by atoms with Crippen molar-refractivity contribution in [1.29, 1.82) is 10.5 Å². The van der Waals surface area contributed by atoms with E-state index in [0.717, 1.165) is 6.08 Å². The topological polar surface area (TPSA) is 47.6 Å². The monoisotopic (exact) mass is 138 g/mol. The van der Waals surface area contributed by atoms with Crippen molar-refractivity contribution in [3.8, 4) is 12.1 Å². The molecule has 0 N–H and O–H groups in total. The molecule has 0 saturated carbocycles. The molecule has 0 radical (unpaired) electrons. The van der Waals surface area contributed by atoms with Gasteiger partial charge in [0.05, 0.1) is 17.2 Å². The second kappa shape index (κ2) is 4.90. The van der Waals surface area contributed by atoms with E-state index in [0.29, 0.717) is 0 Å². The number of nitrogens with zero attached hydrogens (tertiary/aromatic N) is 2. The first-order chi connectivity index (χ1) is 4.31. The summed E-state index contributed by atoms with van der Waals surface area (Å²) >= 11 is 5.36. The molecule has 9 heavy (non-hydrogen) atoms. The maximum atomic E-state index is 8.01. The van der Waals surface area contributed by atoms with Crippen LogP contribution in [0.4, 0.5) is 0 Å². The quantitative estimate of drug-likeness (QED) is 0.409. The Labute approximate surface area is 58.3 Å². The third-order valence-corrected chi connectivity index (χ3v) is 0.755. The molecule has 0 bridgehead atoms. The van der Waals surface area contributed by atoms with E-state index >= 15 is 0 Å². The highest BCUT2D eigenvalue weighted by molar-refractivity contribution is 6.31. The minimum atomic E-state index is 0.263. The van der Waals surface area contributed by atoms with E-state index < -0.39 is 0 Å². The van der Waals surface area contributed by atoms with Crippen molar-refractivity contribution in [3.05, 3.63) is 23.3 Å². The number of rotatable bonds is 1. The van der Waals surface area contributed by atoms with Crippen LogP contribution in [0, 0.1) is 22.7 Å². The van der Waals surface area contributed by atoms with E-state index in [-0.39, 0.29) is 5.03 Å². The Balaban J connectivity index is 3.98. The molecule has 0 aliphatic rings. The SMILES string of the molecule is N#C/C=C(Cl)/C=C/C#N. The third-order valence-electron chi connectivity index (χ3n) is 0.520. The highest BCUT2D eigenvalue weighted by atomic mass is 35.5. The van der Waals surface area contributed by atoms with Gasteiger partial charge in [0.15, 0.2) is 0 Å². The van der Waals surface area contributed by atoms with Crippen molar-refractivity contribution in [2.45, 2.75) is 0 Å². The van der Waals surface area contributed by atoms with Crippen LogP contribution in [-0.4, -0.2) is 0 Å². The second-order valence-electron chi connectivity index (χ2n) is 1.12. The summed E-state index contributed by atoms with van der Waals surface area (Å²) in [6, 6.07) is 3.46. The maximum Gasteiger partial charge on any atom is 0.0927 e. The van der Waals surface area contributed by atoms with Gasteiger partial charge in [0.1, 0.15) is 0 Å². The van der Waals surface area contributed by atoms with E-state index in [2.05, 4.69) is 0 Å². The lowest BCUT2D eigenvalue weighted by Crippen LogP contribution is -1.58. The Morgan fingerprint density at radius 2 is 2.00 bits per heavy atom. The van der Waals surface area contributed by atoms with Crippen molar-refractivity contribution in [2.75, 3.05) is 0 Å². The molecule has 0 aromatic heterocycles. The van der Waals surface area contributed by atoms with Crippen LogP contribution in [0.3, 0.4) is 0 Å². The Morgan fingerprint density at radius 3 is 2.44 bits per heavy atom. The summed E-state index contributed by atoms with van der Waals surface area (Å²) < 4.78 is 0. The predicted molar refractivity (Wildman–Crippen MR) is 34.3 cm³/mol. The number of allylic oxidation sites excluding steroid dienone is 4. The van der Waals surface area contributed by atoms with E-state index in [1.807, 2.05) is 0 Å². The zero-order chi connectivity index (χ0) is 7.11. The molecule has 0 aromatic rings. The van der Waals surface area contributed by atoms with E-state index in [1.165, 1.54) is 12.2 Å². The van der Waals surface area contributed by atoms with Crippen molar-refractivity contribution < 1.29 is 0 Å². The van der Waals surface area contributed by atoms with Crippen molar-refractivity contribution in [3.63, 3.8) is 0 Å². The largest absolute Gasteiger partial charge is 0.193 e. The van der Waals surface area contributed by atoms with Crippen LogP contribution in [0.15, 0.2) is 23.3 Å². The number of hydrogen-bond acceptors (Lipinski definition) is 2.